The molecule has 1 aromatic rings. The van der Waals surface area contributed by atoms with Crippen molar-refractivity contribution in [1.29, 1.82) is 0 Å². The summed E-state index contributed by atoms with van der Waals surface area (Å²) in [7, 11) is 1.66. The zero-order valence-electron chi connectivity index (χ0n) is 15.6. The van der Waals surface area contributed by atoms with Crippen molar-refractivity contribution in [1.82, 2.24) is 9.88 Å². The van der Waals surface area contributed by atoms with Crippen LogP contribution in [0.15, 0.2) is 12.3 Å². The summed E-state index contributed by atoms with van der Waals surface area (Å²) >= 11 is 0. The standard InChI is InChI=1S/C21H27N3O2/c1-4-6-7-15-8-14-9-16(26-3)10-23-18(14)19(24(15)17(25)5-2)20-11-21(22,12-20)13-20/h2,9-10,15,19H,4,6-8,11-13,22H2,1,3H3/t15-,19?,20?,21?/m0/s1. The summed E-state index contributed by atoms with van der Waals surface area (Å²) in [6.45, 7) is 2.17. The summed E-state index contributed by atoms with van der Waals surface area (Å²) in [6.07, 6.45) is 14.1. The number of pyridine rings is 1. The fraction of sp³-hybridized carbons (Fsp3) is 0.619. The number of aromatic nitrogens is 1. The Morgan fingerprint density at radius 1 is 1.50 bits per heavy atom. The zero-order valence-corrected chi connectivity index (χ0v) is 15.6. The van der Waals surface area contributed by atoms with Gasteiger partial charge in [0.15, 0.2) is 0 Å². The van der Waals surface area contributed by atoms with Gasteiger partial charge in [-0.15, -0.1) is 6.42 Å². The van der Waals surface area contributed by atoms with Crippen molar-refractivity contribution in [3.63, 3.8) is 0 Å². The minimum Gasteiger partial charge on any atom is -0.495 e. The van der Waals surface area contributed by atoms with Gasteiger partial charge in [-0.2, -0.15) is 0 Å². The van der Waals surface area contributed by atoms with Crippen LogP contribution in [-0.4, -0.2) is 34.5 Å². The minimum absolute atomic E-state index is 0.0339. The first-order valence-electron chi connectivity index (χ1n) is 9.56. The third kappa shape index (κ3) is 2.43. The van der Waals surface area contributed by atoms with E-state index in [2.05, 4.69) is 18.9 Å². The van der Waals surface area contributed by atoms with Crippen LogP contribution < -0.4 is 10.5 Å². The van der Waals surface area contributed by atoms with E-state index in [0.717, 1.165) is 56.4 Å². The van der Waals surface area contributed by atoms with Gasteiger partial charge in [0.25, 0.3) is 5.91 Å². The smallest absolute Gasteiger partial charge is 0.299 e. The number of carbonyl (C=O) groups excluding carboxylic acids is 1. The Balaban J connectivity index is 1.78. The first kappa shape index (κ1) is 17.4. The predicted molar refractivity (Wildman–Crippen MR) is 99.4 cm³/mol. The average molecular weight is 353 g/mol. The van der Waals surface area contributed by atoms with Crippen LogP contribution in [-0.2, 0) is 11.2 Å². The molecule has 0 aromatic carbocycles. The molecule has 5 rings (SSSR count). The number of hydrogen-bond acceptors (Lipinski definition) is 4. The SMILES string of the molecule is C#CC(=O)N1C(C23CC(N)(C2)C3)c2ncc(OC)cc2C[C@@H]1CCCC. The van der Waals surface area contributed by atoms with Gasteiger partial charge in [-0.3, -0.25) is 9.78 Å². The van der Waals surface area contributed by atoms with Gasteiger partial charge in [-0.05, 0) is 49.7 Å². The highest BCUT2D eigenvalue weighted by atomic mass is 16.5. The summed E-state index contributed by atoms with van der Waals surface area (Å²) in [4.78, 5) is 19.5. The van der Waals surface area contributed by atoms with Crippen molar-refractivity contribution in [2.24, 2.45) is 11.1 Å². The molecular formula is C21H27N3O2. The van der Waals surface area contributed by atoms with Gasteiger partial charge in [0.05, 0.1) is 25.0 Å². The molecule has 0 saturated heterocycles. The number of nitrogens with two attached hydrogens (primary N) is 1. The molecule has 1 aromatic heterocycles. The number of ether oxygens (including phenoxy) is 1. The third-order valence-electron chi connectivity index (χ3n) is 6.54. The monoisotopic (exact) mass is 353 g/mol. The number of carbonyl (C=O) groups is 1. The maximum atomic E-state index is 12.8. The van der Waals surface area contributed by atoms with Gasteiger partial charge in [0.2, 0.25) is 0 Å². The molecule has 1 unspecified atom stereocenters. The number of rotatable bonds is 5. The van der Waals surface area contributed by atoms with Crippen LogP contribution in [0.2, 0.25) is 0 Å². The summed E-state index contributed by atoms with van der Waals surface area (Å²) in [5, 5.41) is 0. The van der Waals surface area contributed by atoms with Gasteiger partial charge in [-0.1, -0.05) is 19.8 Å². The Hall–Kier alpha value is -2.06. The normalized spacial score (nSPS) is 34.2. The fourth-order valence-corrected chi connectivity index (χ4v) is 5.58. The molecule has 138 valence electrons. The molecular weight excluding hydrogens is 326 g/mol. The van der Waals surface area contributed by atoms with E-state index in [-0.39, 0.29) is 28.9 Å². The molecule has 2 N–H and O–H groups in total. The van der Waals surface area contributed by atoms with Crippen LogP contribution in [0, 0.1) is 17.8 Å². The van der Waals surface area contributed by atoms with E-state index >= 15 is 0 Å². The van der Waals surface area contributed by atoms with Gasteiger partial charge in [0.1, 0.15) is 5.75 Å². The van der Waals surface area contributed by atoms with Crippen molar-refractivity contribution in [2.75, 3.05) is 7.11 Å². The Labute approximate surface area is 155 Å². The van der Waals surface area contributed by atoms with E-state index in [9.17, 15) is 4.79 Å². The van der Waals surface area contributed by atoms with Gasteiger partial charge < -0.3 is 15.4 Å². The van der Waals surface area contributed by atoms with Gasteiger partial charge in [0, 0.05) is 17.0 Å². The molecule has 3 fully saturated rings. The molecule has 1 amide bonds. The molecule has 1 aliphatic heterocycles. The minimum atomic E-state index is -0.213. The number of hydrogen-bond donors (Lipinski definition) is 1. The Kier molecular flexibility index (Phi) is 4.00. The Morgan fingerprint density at radius 2 is 2.23 bits per heavy atom. The number of terminal acetylenes is 1. The molecule has 0 radical (unpaired) electrons. The van der Waals surface area contributed by atoms with E-state index in [1.807, 2.05) is 4.90 Å². The van der Waals surface area contributed by atoms with E-state index in [1.54, 1.807) is 13.3 Å². The average Bonchev–Trinajstić information content (AvgIpc) is 2.60. The molecule has 2 bridgehead atoms. The van der Waals surface area contributed by atoms with Gasteiger partial charge in [-0.25, -0.2) is 0 Å². The quantitative estimate of drug-likeness (QED) is 0.826. The Morgan fingerprint density at radius 3 is 2.81 bits per heavy atom. The van der Waals surface area contributed by atoms with E-state index in [1.165, 1.54) is 5.56 Å². The second-order valence-electron chi connectivity index (χ2n) is 8.43. The van der Waals surface area contributed by atoms with E-state index in [4.69, 9.17) is 21.9 Å². The lowest BCUT2D eigenvalue weighted by Gasteiger charge is -2.73. The Bertz CT molecular complexity index is 762. The molecule has 2 atom stereocenters. The largest absolute Gasteiger partial charge is 0.495 e. The lowest BCUT2D eigenvalue weighted by atomic mass is 9.36. The topological polar surface area (TPSA) is 68.5 Å². The molecule has 3 saturated carbocycles. The highest BCUT2D eigenvalue weighted by Gasteiger charge is 2.71. The summed E-state index contributed by atoms with van der Waals surface area (Å²) in [5.41, 5.74) is 8.52. The van der Waals surface area contributed by atoms with Crippen LogP contribution in [0.4, 0.5) is 0 Å². The van der Waals surface area contributed by atoms with Crippen molar-refractivity contribution < 1.29 is 9.53 Å². The van der Waals surface area contributed by atoms with E-state index < -0.39 is 0 Å². The highest BCUT2D eigenvalue weighted by Crippen LogP contribution is 2.72. The molecule has 5 heteroatoms. The van der Waals surface area contributed by atoms with Crippen LogP contribution >= 0.6 is 0 Å². The van der Waals surface area contributed by atoms with Crippen LogP contribution in [0.3, 0.4) is 0 Å². The maximum Gasteiger partial charge on any atom is 0.299 e. The van der Waals surface area contributed by atoms with Gasteiger partial charge >= 0.3 is 0 Å². The van der Waals surface area contributed by atoms with Crippen molar-refractivity contribution in [2.45, 2.75) is 69.5 Å². The zero-order chi connectivity index (χ0) is 18.5. The second kappa shape index (κ2) is 5.99. The first-order valence-corrected chi connectivity index (χ1v) is 9.56. The predicted octanol–water partition coefficient (Wildman–Crippen LogP) is 2.59. The van der Waals surface area contributed by atoms with Crippen LogP contribution in [0.5, 0.6) is 5.75 Å². The lowest BCUT2D eigenvalue weighted by molar-refractivity contribution is -0.195. The van der Waals surface area contributed by atoms with Crippen LogP contribution in [0.1, 0.15) is 62.7 Å². The second-order valence-corrected chi connectivity index (χ2v) is 8.43. The highest BCUT2D eigenvalue weighted by molar-refractivity contribution is 5.93. The summed E-state index contributed by atoms with van der Waals surface area (Å²) in [6, 6.07) is 2.14. The molecule has 3 aliphatic carbocycles. The third-order valence-corrected chi connectivity index (χ3v) is 6.54. The first-order chi connectivity index (χ1) is 12.4. The molecule has 4 aliphatic rings. The number of methoxy groups -OCH3 is 1. The fourth-order valence-electron chi connectivity index (χ4n) is 5.58. The van der Waals surface area contributed by atoms with Crippen molar-refractivity contribution in [3.8, 4) is 18.1 Å². The molecule has 5 nitrogen and oxygen atoms in total. The number of amides is 1. The number of fused-ring (bicyclic) bond motifs is 1. The van der Waals surface area contributed by atoms with Crippen molar-refractivity contribution in [3.05, 3.63) is 23.5 Å². The maximum absolute atomic E-state index is 12.8. The van der Waals surface area contributed by atoms with Crippen molar-refractivity contribution >= 4 is 5.91 Å². The number of nitrogens with zero attached hydrogens (tertiary/aromatic N) is 2. The van der Waals surface area contributed by atoms with E-state index in [0.29, 0.717) is 0 Å². The molecule has 2 heterocycles. The summed E-state index contributed by atoms with van der Waals surface area (Å²) in [5.74, 6) is 2.93. The molecule has 26 heavy (non-hydrogen) atoms. The lowest BCUT2D eigenvalue weighted by Crippen LogP contribution is -2.76. The summed E-state index contributed by atoms with van der Waals surface area (Å²) < 4.78 is 5.38. The number of unbranched alkanes of at least 4 members (excludes halogenated alkanes) is 1. The van der Waals surface area contributed by atoms with Crippen LogP contribution in [0.25, 0.3) is 0 Å². The molecule has 0 spiro atoms.